The number of hydrogen-bond acceptors (Lipinski definition) is 4. The molecule has 0 saturated carbocycles. The number of hydrogen-bond donors (Lipinski definition) is 1. The number of halogens is 1. The van der Waals surface area contributed by atoms with Crippen molar-refractivity contribution in [3.63, 3.8) is 0 Å². The van der Waals surface area contributed by atoms with Crippen molar-refractivity contribution < 1.29 is 9.18 Å². The van der Waals surface area contributed by atoms with Gasteiger partial charge < -0.3 is 10.2 Å². The maximum absolute atomic E-state index is 13.6. The van der Waals surface area contributed by atoms with Crippen LogP contribution in [-0.4, -0.2) is 35.6 Å². The first kappa shape index (κ1) is 18.5. The number of benzene rings is 1. The van der Waals surface area contributed by atoms with E-state index in [4.69, 9.17) is 4.98 Å². The number of nitrogens with one attached hydrogen (secondary N) is 1. The minimum atomic E-state index is -0.308. The third-order valence-electron chi connectivity index (χ3n) is 5.58. The Balaban J connectivity index is 1.41. The maximum atomic E-state index is 13.6. The average molecular weight is 403 g/mol. The Kier molecular flexibility index (Phi) is 4.78. The van der Waals surface area contributed by atoms with Gasteiger partial charge in [-0.1, -0.05) is 18.2 Å². The molecule has 2 amide bonds. The van der Waals surface area contributed by atoms with Crippen LogP contribution in [0, 0.1) is 5.82 Å². The number of pyridine rings is 2. The molecule has 1 fully saturated rings. The molecule has 3 aromatic rings. The summed E-state index contributed by atoms with van der Waals surface area (Å²) >= 11 is 0. The highest BCUT2D eigenvalue weighted by Gasteiger charge is 2.25. The fourth-order valence-corrected chi connectivity index (χ4v) is 3.85. The first-order valence-electron chi connectivity index (χ1n) is 10.2. The molecule has 1 saturated heterocycles. The molecule has 6 nitrogen and oxygen atoms in total. The van der Waals surface area contributed by atoms with E-state index in [1.807, 2.05) is 24.3 Å². The van der Waals surface area contributed by atoms with Crippen LogP contribution in [0.1, 0.15) is 18.4 Å². The molecule has 0 unspecified atom stereocenters. The van der Waals surface area contributed by atoms with Crippen molar-refractivity contribution in [1.82, 2.24) is 9.97 Å². The van der Waals surface area contributed by atoms with Crippen molar-refractivity contribution in [2.75, 3.05) is 34.8 Å². The van der Waals surface area contributed by atoms with Crippen molar-refractivity contribution in [3.8, 4) is 11.3 Å². The summed E-state index contributed by atoms with van der Waals surface area (Å²) in [6.45, 7) is 2.58. The molecule has 2 aromatic heterocycles. The number of fused-ring (bicyclic) bond motifs is 1. The van der Waals surface area contributed by atoms with E-state index < -0.39 is 0 Å². The van der Waals surface area contributed by atoms with E-state index in [2.05, 4.69) is 15.2 Å². The molecule has 152 valence electrons. The van der Waals surface area contributed by atoms with Gasteiger partial charge in [0.05, 0.1) is 5.69 Å². The molecule has 2 aliphatic rings. The second kappa shape index (κ2) is 7.74. The van der Waals surface area contributed by atoms with Gasteiger partial charge in [-0.3, -0.25) is 4.90 Å². The van der Waals surface area contributed by atoms with E-state index in [0.29, 0.717) is 29.3 Å². The van der Waals surface area contributed by atoms with Crippen molar-refractivity contribution in [2.24, 2.45) is 0 Å². The lowest BCUT2D eigenvalue weighted by molar-refractivity contribution is 0.256. The van der Waals surface area contributed by atoms with Crippen molar-refractivity contribution in [2.45, 2.75) is 19.3 Å². The van der Waals surface area contributed by atoms with Gasteiger partial charge in [-0.2, -0.15) is 0 Å². The fourth-order valence-electron chi connectivity index (χ4n) is 3.85. The molecule has 0 radical (unpaired) electrons. The van der Waals surface area contributed by atoms with Crippen LogP contribution in [0.5, 0.6) is 0 Å². The fraction of sp³-hybridized carbons (Fsp3) is 0.261. The minimum Gasteiger partial charge on any atom is -0.356 e. The number of aromatic nitrogens is 2. The van der Waals surface area contributed by atoms with E-state index in [1.54, 1.807) is 23.2 Å². The van der Waals surface area contributed by atoms with Crippen LogP contribution in [-0.2, 0) is 6.42 Å². The third kappa shape index (κ3) is 3.58. The average Bonchev–Trinajstić information content (AvgIpc) is 2.72. The van der Waals surface area contributed by atoms with Gasteiger partial charge in [0.25, 0.3) is 0 Å². The summed E-state index contributed by atoms with van der Waals surface area (Å²) in [5.41, 5.74) is 3.08. The summed E-state index contributed by atoms with van der Waals surface area (Å²) in [6.07, 6.45) is 4.62. The lowest BCUT2D eigenvalue weighted by Crippen LogP contribution is -2.40. The van der Waals surface area contributed by atoms with Gasteiger partial charge >= 0.3 is 6.03 Å². The topological polar surface area (TPSA) is 61.4 Å². The van der Waals surface area contributed by atoms with E-state index >= 15 is 0 Å². The van der Waals surface area contributed by atoms with Gasteiger partial charge in [-0.15, -0.1) is 0 Å². The minimum absolute atomic E-state index is 0.222. The molecule has 7 heteroatoms. The van der Waals surface area contributed by atoms with E-state index in [9.17, 15) is 9.18 Å². The lowest BCUT2D eigenvalue weighted by Gasteiger charge is -2.32. The number of aryl methyl sites for hydroxylation is 1. The second-order valence-corrected chi connectivity index (χ2v) is 7.62. The quantitative estimate of drug-likeness (QED) is 0.701. The van der Waals surface area contributed by atoms with Crippen LogP contribution in [0.2, 0.25) is 0 Å². The second-order valence-electron chi connectivity index (χ2n) is 7.62. The zero-order valence-electron chi connectivity index (χ0n) is 16.5. The van der Waals surface area contributed by atoms with Crippen LogP contribution < -0.4 is 15.1 Å². The molecule has 0 bridgehead atoms. The van der Waals surface area contributed by atoms with Gasteiger partial charge in [0, 0.05) is 43.1 Å². The van der Waals surface area contributed by atoms with Gasteiger partial charge in [0.2, 0.25) is 0 Å². The maximum Gasteiger partial charge on any atom is 0.327 e. The molecular weight excluding hydrogens is 381 g/mol. The summed E-state index contributed by atoms with van der Waals surface area (Å²) in [6, 6.07) is 13.7. The summed E-state index contributed by atoms with van der Waals surface area (Å²) < 4.78 is 13.6. The third-order valence-corrected chi connectivity index (χ3v) is 5.58. The Morgan fingerprint density at radius 2 is 1.93 bits per heavy atom. The molecule has 4 heterocycles. The zero-order valence-corrected chi connectivity index (χ0v) is 16.5. The van der Waals surface area contributed by atoms with Gasteiger partial charge in [-0.25, -0.2) is 19.2 Å². The Morgan fingerprint density at radius 1 is 1.03 bits per heavy atom. The summed E-state index contributed by atoms with van der Waals surface area (Å²) in [7, 11) is 0. The number of carbonyl (C=O) groups excluding carboxylic acids is 1. The molecule has 1 aromatic carbocycles. The largest absolute Gasteiger partial charge is 0.356 e. The van der Waals surface area contributed by atoms with E-state index in [0.717, 1.165) is 37.3 Å². The normalized spacial score (nSPS) is 15.4. The standard InChI is InChI=1S/C23H22FN5O/c24-18-6-1-4-17(14-18)20-8-7-16-5-2-13-29(22(16)27-20)23(30)26-19-9-10-25-21(15-19)28-11-3-12-28/h1,4,6-10,14-15H,2-3,5,11-13H2,(H,25,26,30). The molecule has 2 aliphatic heterocycles. The van der Waals surface area contributed by atoms with E-state index in [1.165, 1.54) is 18.6 Å². The zero-order chi connectivity index (χ0) is 20.5. The Morgan fingerprint density at radius 3 is 2.73 bits per heavy atom. The SMILES string of the molecule is O=C(Nc1ccnc(N2CCC2)c1)N1CCCc2ccc(-c3cccc(F)c3)nc21. The number of amides is 2. The Labute approximate surface area is 174 Å². The van der Waals surface area contributed by atoms with Crippen molar-refractivity contribution in [3.05, 3.63) is 66.1 Å². The van der Waals surface area contributed by atoms with Crippen molar-refractivity contribution >= 4 is 23.4 Å². The van der Waals surface area contributed by atoms with Crippen LogP contribution in [0.25, 0.3) is 11.3 Å². The van der Waals surface area contributed by atoms with Crippen molar-refractivity contribution in [1.29, 1.82) is 0 Å². The number of nitrogens with zero attached hydrogens (tertiary/aromatic N) is 4. The molecule has 30 heavy (non-hydrogen) atoms. The first-order valence-corrected chi connectivity index (χ1v) is 10.2. The summed E-state index contributed by atoms with van der Waals surface area (Å²) in [5.74, 6) is 1.21. The highest BCUT2D eigenvalue weighted by Crippen LogP contribution is 2.30. The summed E-state index contributed by atoms with van der Waals surface area (Å²) in [5, 5.41) is 2.98. The molecule has 0 spiro atoms. The van der Waals surface area contributed by atoms with E-state index in [-0.39, 0.29) is 11.8 Å². The molecule has 5 rings (SSSR count). The predicted octanol–water partition coefficient (Wildman–Crippen LogP) is 4.48. The molecule has 1 N–H and O–H groups in total. The van der Waals surface area contributed by atoms with Gasteiger partial charge in [-0.05, 0) is 49.1 Å². The summed E-state index contributed by atoms with van der Waals surface area (Å²) in [4.78, 5) is 26.0. The number of rotatable bonds is 3. The molecule has 0 aliphatic carbocycles. The Bertz CT molecular complexity index is 1100. The predicted molar refractivity (Wildman–Crippen MR) is 115 cm³/mol. The lowest BCUT2D eigenvalue weighted by atomic mass is 10.0. The van der Waals surface area contributed by atoms with Crippen LogP contribution in [0.3, 0.4) is 0 Å². The highest BCUT2D eigenvalue weighted by atomic mass is 19.1. The first-order chi connectivity index (χ1) is 14.7. The Hall–Kier alpha value is -3.48. The van der Waals surface area contributed by atoms with Gasteiger partial charge in [0.1, 0.15) is 17.5 Å². The van der Waals surface area contributed by atoms with Crippen LogP contribution >= 0.6 is 0 Å². The number of anilines is 3. The number of carbonyl (C=O) groups is 1. The van der Waals surface area contributed by atoms with Gasteiger partial charge in [0.15, 0.2) is 0 Å². The highest BCUT2D eigenvalue weighted by molar-refractivity contribution is 6.02. The van der Waals surface area contributed by atoms with Crippen LogP contribution in [0.4, 0.5) is 26.5 Å². The molecular formula is C23H22FN5O. The number of urea groups is 1. The van der Waals surface area contributed by atoms with Crippen LogP contribution in [0.15, 0.2) is 54.7 Å². The monoisotopic (exact) mass is 403 g/mol. The smallest absolute Gasteiger partial charge is 0.327 e. The molecule has 0 atom stereocenters.